The molecule has 0 spiro atoms. The molecule has 3 rings (SSSR count). The van der Waals surface area contributed by atoms with Gasteiger partial charge in [-0.15, -0.1) is 0 Å². The molecule has 108 valence electrons. The fourth-order valence-electron chi connectivity index (χ4n) is 2.62. The monoisotopic (exact) mass is 279 g/mol. The Balaban J connectivity index is 1.82. The van der Waals surface area contributed by atoms with Crippen molar-refractivity contribution >= 4 is 17.3 Å². The summed E-state index contributed by atoms with van der Waals surface area (Å²) in [6.07, 6.45) is 3.30. The van der Waals surface area contributed by atoms with Crippen LogP contribution >= 0.6 is 0 Å². The lowest BCUT2D eigenvalue weighted by Gasteiger charge is -2.20. The number of pyridine rings is 1. The van der Waals surface area contributed by atoms with Gasteiger partial charge in [0.1, 0.15) is 5.82 Å². The van der Waals surface area contributed by atoms with Crippen LogP contribution in [0.2, 0.25) is 0 Å². The normalized spacial score (nSPS) is 25.4. The molecule has 2 unspecified atom stereocenters. The summed E-state index contributed by atoms with van der Waals surface area (Å²) < 4.78 is 5.72. The SMILES string of the molecule is NNc1ccc([N+](=O)[O-])c(NC2CCOC2C2CC2)n1. The van der Waals surface area contributed by atoms with Crippen LogP contribution in [0.15, 0.2) is 12.1 Å². The van der Waals surface area contributed by atoms with E-state index in [0.29, 0.717) is 18.3 Å². The van der Waals surface area contributed by atoms with Crippen molar-refractivity contribution in [1.29, 1.82) is 0 Å². The summed E-state index contributed by atoms with van der Waals surface area (Å²) in [4.78, 5) is 14.8. The molecule has 0 amide bonds. The second kappa shape index (κ2) is 5.22. The van der Waals surface area contributed by atoms with Gasteiger partial charge in [0.05, 0.1) is 17.1 Å². The number of nitrogens with two attached hydrogens (primary N) is 1. The van der Waals surface area contributed by atoms with Crippen LogP contribution in [0.4, 0.5) is 17.3 Å². The highest BCUT2D eigenvalue weighted by Gasteiger charge is 2.41. The highest BCUT2D eigenvalue weighted by atomic mass is 16.6. The van der Waals surface area contributed by atoms with Crippen molar-refractivity contribution in [1.82, 2.24) is 4.98 Å². The summed E-state index contributed by atoms with van der Waals surface area (Å²) in [5.74, 6) is 6.51. The van der Waals surface area contributed by atoms with Crippen molar-refractivity contribution in [2.24, 2.45) is 11.8 Å². The van der Waals surface area contributed by atoms with Gasteiger partial charge in [-0.1, -0.05) is 0 Å². The number of hydrogen-bond acceptors (Lipinski definition) is 7. The third-order valence-electron chi connectivity index (χ3n) is 3.76. The predicted molar refractivity (Wildman–Crippen MR) is 73.2 cm³/mol. The lowest BCUT2D eigenvalue weighted by atomic mass is 10.1. The Morgan fingerprint density at radius 1 is 1.40 bits per heavy atom. The molecule has 8 nitrogen and oxygen atoms in total. The van der Waals surface area contributed by atoms with Gasteiger partial charge in [0.2, 0.25) is 5.82 Å². The van der Waals surface area contributed by atoms with Crippen molar-refractivity contribution in [3.8, 4) is 0 Å². The minimum absolute atomic E-state index is 0.0505. The molecule has 0 aromatic carbocycles. The fraction of sp³-hybridized carbons (Fsp3) is 0.583. The maximum Gasteiger partial charge on any atom is 0.311 e. The molecule has 0 radical (unpaired) electrons. The summed E-state index contributed by atoms with van der Waals surface area (Å²) in [5, 5.41) is 14.2. The average molecular weight is 279 g/mol. The minimum atomic E-state index is -0.447. The molecule has 8 heteroatoms. The molecule has 4 N–H and O–H groups in total. The number of hydrazine groups is 1. The molecular weight excluding hydrogens is 262 g/mol. The van der Waals surface area contributed by atoms with Crippen LogP contribution in [0, 0.1) is 16.0 Å². The number of nitrogens with one attached hydrogen (secondary N) is 2. The number of ether oxygens (including phenoxy) is 1. The molecule has 1 aliphatic carbocycles. The van der Waals surface area contributed by atoms with E-state index >= 15 is 0 Å². The molecule has 20 heavy (non-hydrogen) atoms. The van der Waals surface area contributed by atoms with E-state index in [0.717, 1.165) is 6.42 Å². The highest BCUT2D eigenvalue weighted by molar-refractivity contribution is 5.60. The van der Waals surface area contributed by atoms with Crippen LogP contribution in [0.5, 0.6) is 0 Å². The van der Waals surface area contributed by atoms with E-state index in [2.05, 4.69) is 15.7 Å². The summed E-state index contributed by atoms with van der Waals surface area (Å²) in [6.45, 7) is 0.682. The first-order chi connectivity index (χ1) is 9.69. The number of rotatable bonds is 5. The first-order valence-electron chi connectivity index (χ1n) is 6.69. The lowest BCUT2D eigenvalue weighted by molar-refractivity contribution is -0.384. The van der Waals surface area contributed by atoms with Crippen LogP contribution in [0.3, 0.4) is 0 Å². The van der Waals surface area contributed by atoms with E-state index in [1.807, 2.05) is 0 Å². The number of anilines is 2. The number of nitrogen functional groups attached to an aromatic ring is 1. The Hall–Kier alpha value is -1.93. The molecule has 1 aromatic heterocycles. The van der Waals surface area contributed by atoms with Crippen LogP contribution < -0.4 is 16.6 Å². The average Bonchev–Trinajstić information content (AvgIpc) is 3.19. The van der Waals surface area contributed by atoms with Gasteiger partial charge in [0, 0.05) is 12.7 Å². The Morgan fingerprint density at radius 3 is 2.85 bits per heavy atom. The Kier molecular flexibility index (Phi) is 3.41. The minimum Gasteiger partial charge on any atom is -0.376 e. The standard InChI is InChI=1S/C12H17N5O3/c13-16-10-4-3-9(17(18)19)12(15-10)14-8-5-6-20-11(8)7-1-2-7/h3-4,7-8,11H,1-2,5-6,13H2,(H2,14,15,16). The topological polar surface area (TPSA) is 115 Å². The van der Waals surface area contributed by atoms with Gasteiger partial charge in [-0.3, -0.25) is 10.1 Å². The van der Waals surface area contributed by atoms with Crippen molar-refractivity contribution in [2.45, 2.75) is 31.4 Å². The van der Waals surface area contributed by atoms with Gasteiger partial charge >= 0.3 is 5.69 Å². The van der Waals surface area contributed by atoms with Gasteiger partial charge < -0.3 is 15.5 Å². The number of nitro groups is 1. The Labute approximate surface area is 115 Å². The van der Waals surface area contributed by atoms with Crippen molar-refractivity contribution in [3.63, 3.8) is 0 Å². The van der Waals surface area contributed by atoms with Gasteiger partial charge in [0.25, 0.3) is 0 Å². The molecule has 1 aliphatic heterocycles. The van der Waals surface area contributed by atoms with Crippen LogP contribution in [0.25, 0.3) is 0 Å². The van der Waals surface area contributed by atoms with E-state index in [1.54, 1.807) is 0 Å². The van der Waals surface area contributed by atoms with E-state index in [9.17, 15) is 10.1 Å². The number of hydrogen-bond donors (Lipinski definition) is 3. The molecule has 1 saturated heterocycles. The molecule has 1 saturated carbocycles. The number of aromatic nitrogens is 1. The summed E-state index contributed by atoms with van der Waals surface area (Å²) in [5.41, 5.74) is 2.35. The van der Waals surface area contributed by atoms with E-state index in [-0.39, 0.29) is 23.7 Å². The molecule has 1 aromatic rings. The van der Waals surface area contributed by atoms with Gasteiger partial charge in [-0.05, 0) is 31.2 Å². The van der Waals surface area contributed by atoms with Crippen molar-refractivity contribution in [2.75, 3.05) is 17.3 Å². The van der Waals surface area contributed by atoms with Gasteiger partial charge in [0.15, 0.2) is 0 Å². The third-order valence-corrected chi connectivity index (χ3v) is 3.76. The summed E-state index contributed by atoms with van der Waals surface area (Å²) >= 11 is 0. The van der Waals surface area contributed by atoms with Crippen molar-refractivity contribution in [3.05, 3.63) is 22.2 Å². The number of nitrogens with zero attached hydrogens (tertiary/aromatic N) is 2. The second-order valence-electron chi connectivity index (χ2n) is 5.18. The zero-order chi connectivity index (χ0) is 14.1. The van der Waals surface area contributed by atoms with E-state index in [4.69, 9.17) is 10.6 Å². The van der Waals surface area contributed by atoms with Crippen molar-refractivity contribution < 1.29 is 9.66 Å². The zero-order valence-electron chi connectivity index (χ0n) is 10.9. The zero-order valence-corrected chi connectivity index (χ0v) is 10.9. The van der Waals surface area contributed by atoms with E-state index < -0.39 is 4.92 Å². The predicted octanol–water partition coefficient (Wildman–Crippen LogP) is 1.25. The van der Waals surface area contributed by atoms with Crippen LogP contribution in [-0.2, 0) is 4.74 Å². The van der Waals surface area contributed by atoms with Gasteiger partial charge in [-0.25, -0.2) is 10.8 Å². The fourth-order valence-corrected chi connectivity index (χ4v) is 2.62. The third kappa shape index (κ3) is 2.52. The first-order valence-corrected chi connectivity index (χ1v) is 6.69. The molecular formula is C12H17N5O3. The molecule has 2 aliphatic rings. The summed E-state index contributed by atoms with van der Waals surface area (Å²) in [7, 11) is 0. The molecule has 2 fully saturated rings. The Bertz CT molecular complexity index is 520. The lowest BCUT2D eigenvalue weighted by Crippen LogP contribution is -2.31. The largest absolute Gasteiger partial charge is 0.376 e. The van der Waals surface area contributed by atoms with Gasteiger partial charge in [-0.2, -0.15) is 0 Å². The van der Waals surface area contributed by atoms with Crippen LogP contribution in [-0.4, -0.2) is 28.7 Å². The quantitative estimate of drug-likeness (QED) is 0.422. The highest BCUT2D eigenvalue weighted by Crippen LogP contribution is 2.40. The molecule has 2 heterocycles. The second-order valence-corrected chi connectivity index (χ2v) is 5.18. The van der Waals surface area contributed by atoms with E-state index in [1.165, 1.54) is 25.0 Å². The Morgan fingerprint density at radius 2 is 2.20 bits per heavy atom. The molecule has 2 atom stereocenters. The smallest absolute Gasteiger partial charge is 0.311 e. The maximum atomic E-state index is 11.1. The first kappa shape index (κ1) is 13.1. The van der Waals surface area contributed by atoms with Crippen LogP contribution in [0.1, 0.15) is 19.3 Å². The maximum absolute atomic E-state index is 11.1. The molecule has 0 bridgehead atoms. The summed E-state index contributed by atoms with van der Waals surface area (Å²) in [6, 6.07) is 2.95.